The zero-order valence-corrected chi connectivity index (χ0v) is 11.0. The lowest BCUT2D eigenvalue weighted by atomic mass is 9.96. The zero-order chi connectivity index (χ0) is 14.3. The van der Waals surface area contributed by atoms with Gasteiger partial charge in [0.05, 0.1) is 5.56 Å². The van der Waals surface area contributed by atoms with Crippen molar-refractivity contribution < 1.29 is 13.2 Å². The molecule has 3 rings (SSSR count). The fourth-order valence-corrected chi connectivity index (χ4v) is 2.66. The number of hydrogen-bond acceptors (Lipinski definition) is 0. The van der Waals surface area contributed by atoms with Gasteiger partial charge in [-0.2, -0.15) is 13.2 Å². The Labute approximate surface area is 115 Å². The Morgan fingerprint density at radius 1 is 1.00 bits per heavy atom. The normalized spacial score (nSPS) is 14.1. The van der Waals surface area contributed by atoms with Crippen LogP contribution >= 0.6 is 0 Å². The minimum Gasteiger partial charge on any atom is -0.166 e. The highest BCUT2D eigenvalue weighted by atomic mass is 19.4. The molecule has 1 aliphatic rings. The predicted molar refractivity (Wildman–Crippen MR) is 73.4 cm³/mol. The van der Waals surface area contributed by atoms with Crippen molar-refractivity contribution in [3.8, 4) is 0 Å². The van der Waals surface area contributed by atoms with Crippen molar-refractivity contribution in [2.24, 2.45) is 0 Å². The highest BCUT2D eigenvalue weighted by Crippen LogP contribution is 2.36. The summed E-state index contributed by atoms with van der Waals surface area (Å²) < 4.78 is 38.7. The summed E-state index contributed by atoms with van der Waals surface area (Å²) in [6.45, 7) is 1.69. The van der Waals surface area contributed by atoms with Gasteiger partial charge in [-0.3, -0.25) is 0 Å². The van der Waals surface area contributed by atoms with Gasteiger partial charge in [0.1, 0.15) is 0 Å². The van der Waals surface area contributed by atoms with E-state index in [0.29, 0.717) is 11.1 Å². The van der Waals surface area contributed by atoms with Gasteiger partial charge in [-0.05, 0) is 53.3 Å². The smallest absolute Gasteiger partial charge is 0.166 e. The minimum absolute atomic E-state index is 0.585. The van der Waals surface area contributed by atoms with Gasteiger partial charge >= 0.3 is 6.18 Å². The van der Waals surface area contributed by atoms with Crippen LogP contribution in [0.1, 0.15) is 27.8 Å². The van der Waals surface area contributed by atoms with E-state index in [9.17, 15) is 13.2 Å². The summed E-state index contributed by atoms with van der Waals surface area (Å²) in [6.07, 6.45) is -1.53. The van der Waals surface area contributed by atoms with Crippen LogP contribution in [0.4, 0.5) is 13.2 Å². The van der Waals surface area contributed by atoms with E-state index in [1.165, 1.54) is 12.1 Å². The average molecular weight is 274 g/mol. The van der Waals surface area contributed by atoms with E-state index in [1.54, 1.807) is 6.92 Å². The molecule has 0 heterocycles. The maximum atomic E-state index is 12.9. The van der Waals surface area contributed by atoms with E-state index in [1.807, 2.05) is 36.4 Å². The maximum Gasteiger partial charge on any atom is 0.416 e. The van der Waals surface area contributed by atoms with E-state index in [2.05, 4.69) is 0 Å². The van der Waals surface area contributed by atoms with Crippen molar-refractivity contribution in [1.82, 2.24) is 0 Å². The molecule has 2 aromatic rings. The van der Waals surface area contributed by atoms with Gasteiger partial charge in [-0.15, -0.1) is 0 Å². The van der Waals surface area contributed by atoms with Crippen LogP contribution in [0, 0.1) is 6.92 Å². The first-order valence-electron chi connectivity index (χ1n) is 6.43. The van der Waals surface area contributed by atoms with Crippen molar-refractivity contribution in [2.75, 3.05) is 0 Å². The lowest BCUT2D eigenvalue weighted by Gasteiger charge is -2.12. The van der Waals surface area contributed by atoms with Gasteiger partial charge in [-0.25, -0.2) is 0 Å². The Bertz CT molecular complexity index is 694. The van der Waals surface area contributed by atoms with Crippen LogP contribution in [-0.4, -0.2) is 0 Å². The molecule has 0 N–H and O–H groups in total. The molecule has 0 aromatic heterocycles. The fourth-order valence-electron chi connectivity index (χ4n) is 2.66. The summed E-state index contributed by atoms with van der Waals surface area (Å²) in [5, 5.41) is 0. The Hall–Kier alpha value is -2.03. The number of rotatable bonds is 1. The summed E-state index contributed by atoms with van der Waals surface area (Å²) >= 11 is 0. The largest absolute Gasteiger partial charge is 0.416 e. The molecule has 0 radical (unpaired) electrons. The fraction of sp³-hybridized carbons (Fsp3) is 0.176. The minimum atomic E-state index is -4.31. The number of aryl methyl sites for hydroxylation is 1. The maximum absolute atomic E-state index is 12.9. The highest BCUT2D eigenvalue weighted by Gasteiger charge is 2.31. The molecule has 0 nitrogen and oxygen atoms in total. The third-order valence-corrected chi connectivity index (χ3v) is 3.55. The number of allylic oxidation sites excluding steroid dienone is 1. The van der Waals surface area contributed by atoms with Crippen molar-refractivity contribution in [2.45, 2.75) is 19.5 Å². The Balaban J connectivity index is 2.11. The molecule has 3 heteroatoms. The third-order valence-electron chi connectivity index (χ3n) is 3.55. The molecule has 0 bridgehead atoms. The van der Waals surface area contributed by atoms with E-state index < -0.39 is 11.7 Å². The summed E-state index contributed by atoms with van der Waals surface area (Å²) in [7, 11) is 0. The van der Waals surface area contributed by atoms with Crippen LogP contribution in [0.15, 0.2) is 48.5 Å². The molecular weight excluding hydrogens is 261 g/mol. The van der Waals surface area contributed by atoms with Gasteiger partial charge < -0.3 is 0 Å². The molecule has 1 aliphatic carbocycles. The second-order valence-corrected chi connectivity index (χ2v) is 5.06. The number of alkyl halides is 3. The van der Waals surface area contributed by atoms with Crippen LogP contribution in [0.25, 0.3) is 5.57 Å². The van der Waals surface area contributed by atoms with Crippen molar-refractivity contribution in [1.29, 1.82) is 0 Å². The first-order valence-corrected chi connectivity index (χ1v) is 6.43. The number of benzene rings is 2. The lowest BCUT2D eigenvalue weighted by Crippen LogP contribution is -2.06. The Morgan fingerprint density at radius 3 is 2.50 bits per heavy atom. The molecule has 2 aromatic carbocycles. The highest BCUT2D eigenvalue weighted by molar-refractivity contribution is 5.85. The van der Waals surface area contributed by atoms with Gasteiger partial charge in [0, 0.05) is 0 Å². The molecule has 0 unspecified atom stereocenters. The predicted octanol–water partition coefficient (Wildman–Crippen LogP) is 5.00. The summed E-state index contributed by atoms with van der Waals surface area (Å²) in [5.41, 5.74) is 3.78. The average Bonchev–Trinajstić information content (AvgIpc) is 2.80. The molecule has 0 fully saturated rings. The molecule has 0 amide bonds. The van der Waals surface area contributed by atoms with Gasteiger partial charge in [0.25, 0.3) is 0 Å². The van der Waals surface area contributed by atoms with Crippen LogP contribution in [0.5, 0.6) is 0 Å². The van der Waals surface area contributed by atoms with Crippen LogP contribution < -0.4 is 0 Å². The summed E-state index contributed by atoms with van der Waals surface area (Å²) in [6, 6.07) is 12.1. The molecule has 0 aliphatic heterocycles. The molecule has 0 atom stereocenters. The molecular formula is C17H13F3. The molecule has 102 valence electrons. The van der Waals surface area contributed by atoms with Gasteiger partial charge in [-0.1, -0.05) is 36.4 Å². The van der Waals surface area contributed by atoms with Crippen LogP contribution in [0.2, 0.25) is 0 Å². The summed E-state index contributed by atoms with van der Waals surface area (Å²) in [5.74, 6) is 0. The third kappa shape index (κ3) is 2.24. The van der Waals surface area contributed by atoms with Crippen molar-refractivity contribution >= 4 is 5.57 Å². The van der Waals surface area contributed by atoms with Crippen LogP contribution in [-0.2, 0) is 12.6 Å². The molecule has 0 saturated carbocycles. The Kier molecular flexibility index (Phi) is 2.93. The second-order valence-electron chi connectivity index (χ2n) is 5.06. The standard InChI is InChI=1S/C17H13F3/c1-11-8-13(10-14(9-11)17(18,19)20)16-7-6-12-4-2-3-5-15(12)16/h2-5,7-10H,6H2,1H3. The quantitative estimate of drug-likeness (QED) is 0.686. The SMILES string of the molecule is Cc1cc(C2=CCc3ccccc32)cc(C(F)(F)F)c1. The van der Waals surface area contributed by atoms with E-state index in [4.69, 9.17) is 0 Å². The van der Waals surface area contributed by atoms with E-state index in [0.717, 1.165) is 23.1 Å². The molecule has 20 heavy (non-hydrogen) atoms. The summed E-state index contributed by atoms with van der Waals surface area (Å²) in [4.78, 5) is 0. The van der Waals surface area contributed by atoms with Gasteiger partial charge in [0.2, 0.25) is 0 Å². The van der Waals surface area contributed by atoms with Crippen molar-refractivity contribution in [3.05, 3.63) is 76.4 Å². The number of fused-ring (bicyclic) bond motifs is 1. The van der Waals surface area contributed by atoms with E-state index in [-0.39, 0.29) is 0 Å². The molecule has 0 saturated heterocycles. The van der Waals surface area contributed by atoms with E-state index >= 15 is 0 Å². The second kappa shape index (κ2) is 4.51. The topological polar surface area (TPSA) is 0 Å². The monoisotopic (exact) mass is 274 g/mol. The molecule has 0 spiro atoms. The van der Waals surface area contributed by atoms with Crippen LogP contribution in [0.3, 0.4) is 0 Å². The number of halogens is 3. The zero-order valence-electron chi connectivity index (χ0n) is 11.0. The van der Waals surface area contributed by atoms with Gasteiger partial charge in [0.15, 0.2) is 0 Å². The first kappa shape index (κ1) is 13.0. The first-order chi connectivity index (χ1) is 9.45. The van der Waals surface area contributed by atoms with Crippen molar-refractivity contribution in [3.63, 3.8) is 0 Å². The lowest BCUT2D eigenvalue weighted by molar-refractivity contribution is -0.137. The Morgan fingerprint density at radius 2 is 1.75 bits per heavy atom. The number of hydrogen-bond donors (Lipinski definition) is 0.